The molecule has 2 heteroatoms. The van der Waals surface area contributed by atoms with Gasteiger partial charge in [-0.3, -0.25) is 0 Å². The summed E-state index contributed by atoms with van der Waals surface area (Å²) in [5.74, 6) is 0. The molecule has 0 radical (unpaired) electrons. The van der Waals surface area contributed by atoms with E-state index in [0.717, 1.165) is 38.9 Å². The van der Waals surface area contributed by atoms with E-state index in [2.05, 4.69) is 66.7 Å². The fourth-order valence-corrected chi connectivity index (χ4v) is 5.02. The lowest BCUT2D eigenvalue weighted by Gasteiger charge is -2.30. The monoisotopic (exact) mass is 414 g/mol. The van der Waals surface area contributed by atoms with E-state index in [0.29, 0.717) is 0 Å². The normalized spacial score (nSPS) is 17.1. The molecule has 0 heterocycles. The SMILES string of the molecule is OC1c2ccccc2C(O)c2c(-c3ccc(-c4cccc5ccccc45)cc3)cccc21. The first-order valence-corrected chi connectivity index (χ1v) is 10.9. The summed E-state index contributed by atoms with van der Waals surface area (Å²) in [5.41, 5.74) is 7.44. The van der Waals surface area contributed by atoms with E-state index in [1.54, 1.807) is 0 Å². The van der Waals surface area contributed by atoms with Crippen LogP contribution >= 0.6 is 0 Å². The molecule has 0 spiro atoms. The smallest absolute Gasteiger partial charge is 0.105 e. The fraction of sp³-hybridized carbons (Fsp3) is 0.0667. The zero-order chi connectivity index (χ0) is 21.7. The molecule has 154 valence electrons. The zero-order valence-electron chi connectivity index (χ0n) is 17.4. The molecule has 1 aliphatic carbocycles. The number of hydrogen-bond donors (Lipinski definition) is 2. The summed E-state index contributed by atoms with van der Waals surface area (Å²) in [4.78, 5) is 0. The number of aliphatic hydroxyl groups is 2. The lowest BCUT2D eigenvalue weighted by molar-refractivity contribution is 0.174. The van der Waals surface area contributed by atoms with Crippen LogP contribution in [-0.4, -0.2) is 10.2 Å². The highest BCUT2D eigenvalue weighted by molar-refractivity contribution is 5.96. The first-order valence-electron chi connectivity index (χ1n) is 10.9. The summed E-state index contributed by atoms with van der Waals surface area (Å²) in [6.45, 7) is 0. The lowest BCUT2D eigenvalue weighted by Crippen LogP contribution is -2.18. The molecule has 2 atom stereocenters. The van der Waals surface area contributed by atoms with Crippen molar-refractivity contribution in [3.63, 3.8) is 0 Å². The standard InChI is InChI=1S/C30H22O2/c31-29-25-10-3-4-11-26(25)30(32)28-24(13-6-14-27(28)29)21-17-15-20(16-18-21)23-12-5-8-19-7-1-2-9-22(19)23/h1-18,29-32H. The van der Waals surface area contributed by atoms with Crippen LogP contribution in [0.4, 0.5) is 0 Å². The number of aliphatic hydroxyl groups excluding tert-OH is 2. The summed E-state index contributed by atoms with van der Waals surface area (Å²) in [6, 6.07) is 36.7. The van der Waals surface area contributed by atoms with E-state index < -0.39 is 12.2 Å². The van der Waals surface area contributed by atoms with Gasteiger partial charge in [0.1, 0.15) is 12.2 Å². The van der Waals surface area contributed by atoms with Gasteiger partial charge in [-0.25, -0.2) is 0 Å². The first kappa shape index (κ1) is 19.0. The molecule has 0 amide bonds. The Morgan fingerprint density at radius 2 is 0.969 bits per heavy atom. The minimum Gasteiger partial charge on any atom is -0.384 e. The van der Waals surface area contributed by atoms with Crippen molar-refractivity contribution in [2.75, 3.05) is 0 Å². The molecule has 5 aromatic rings. The molecule has 2 N–H and O–H groups in total. The molecule has 6 rings (SSSR count). The van der Waals surface area contributed by atoms with Gasteiger partial charge in [0.05, 0.1) is 0 Å². The fourth-order valence-electron chi connectivity index (χ4n) is 5.02. The van der Waals surface area contributed by atoms with Crippen molar-refractivity contribution in [1.82, 2.24) is 0 Å². The molecule has 0 aromatic heterocycles. The van der Waals surface area contributed by atoms with Gasteiger partial charge in [-0.15, -0.1) is 0 Å². The van der Waals surface area contributed by atoms with Crippen LogP contribution in [-0.2, 0) is 0 Å². The average molecular weight is 415 g/mol. The summed E-state index contributed by atoms with van der Waals surface area (Å²) >= 11 is 0. The summed E-state index contributed by atoms with van der Waals surface area (Å²) < 4.78 is 0. The molecule has 0 saturated heterocycles. The Morgan fingerprint density at radius 3 is 1.75 bits per heavy atom. The second-order valence-electron chi connectivity index (χ2n) is 8.35. The van der Waals surface area contributed by atoms with Gasteiger partial charge in [-0.1, -0.05) is 109 Å². The molecular formula is C30H22O2. The maximum Gasteiger partial charge on any atom is 0.105 e. The molecule has 0 aliphatic heterocycles. The van der Waals surface area contributed by atoms with Crippen molar-refractivity contribution < 1.29 is 10.2 Å². The van der Waals surface area contributed by atoms with E-state index in [-0.39, 0.29) is 0 Å². The van der Waals surface area contributed by atoms with E-state index in [4.69, 9.17) is 0 Å². The third-order valence-corrected chi connectivity index (χ3v) is 6.59. The number of hydrogen-bond acceptors (Lipinski definition) is 2. The summed E-state index contributed by atoms with van der Waals surface area (Å²) in [5, 5.41) is 24.7. The summed E-state index contributed by atoms with van der Waals surface area (Å²) in [6.07, 6.45) is -1.50. The van der Waals surface area contributed by atoms with Gasteiger partial charge in [-0.05, 0) is 55.3 Å². The molecule has 0 saturated carbocycles. The van der Waals surface area contributed by atoms with Crippen molar-refractivity contribution in [1.29, 1.82) is 0 Å². The van der Waals surface area contributed by atoms with Crippen LogP contribution in [0, 0.1) is 0 Å². The van der Waals surface area contributed by atoms with Crippen molar-refractivity contribution in [2.24, 2.45) is 0 Å². The van der Waals surface area contributed by atoms with Crippen molar-refractivity contribution in [3.05, 3.63) is 131 Å². The van der Waals surface area contributed by atoms with Crippen molar-refractivity contribution in [2.45, 2.75) is 12.2 Å². The van der Waals surface area contributed by atoms with Gasteiger partial charge in [-0.2, -0.15) is 0 Å². The highest BCUT2D eigenvalue weighted by Crippen LogP contribution is 2.45. The second kappa shape index (κ2) is 7.45. The van der Waals surface area contributed by atoms with Crippen LogP contribution in [0.15, 0.2) is 109 Å². The Hall–Kier alpha value is -3.72. The minimum absolute atomic E-state index is 0.737. The van der Waals surface area contributed by atoms with E-state index in [1.165, 1.54) is 16.3 Å². The summed E-state index contributed by atoms with van der Waals surface area (Å²) in [7, 11) is 0. The molecule has 2 nitrogen and oxygen atoms in total. The molecular weight excluding hydrogens is 392 g/mol. The Bertz CT molecular complexity index is 1440. The molecule has 2 unspecified atom stereocenters. The van der Waals surface area contributed by atoms with Gasteiger partial charge in [0, 0.05) is 0 Å². The predicted octanol–water partition coefficient (Wildman–Crippen LogP) is 6.65. The molecule has 5 aromatic carbocycles. The van der Waals surface area contributed by atoms with E-state index in [1.807, 2.05) is 42.5 Å². The molecule has 1 aliphatic rings. The second-order valence-corrected chi connectivity index (χ2v) is 8.35. The van der Waals surface area contributed by atoms with Crippen LogP contribution in [0.1, 0.15) is 34.5 Å². The predicted molar refractivity (Wildman–Crippen MR) is 129 cm³/mol. The maximum atomic E-state index is 11.2. The Labute approximate surface area is 187 Å². The van der Waals surface area contributed by atoms with Gasteiger partial charge in [0.2, 0.25) is 0 Å². The van der Waals surface area contributed by atoms with Crippen LogP contribution in [0.2, 0.25) is 0 Å². The lowest BCUT2D eigenvalue weighted by atomic mass is 9.78. The largest absolute Gasteiger partial charge is 0.384 e. The van der Waals surface area contributed by atoms with Crippen molar-refractivity contribution in [3.8, 4) is 22.3 Å². The van der Waals surface area contributed by atoms with Crippen LogP contribution < -0.4 is 0 Å². The topological polar surface area (TPSA) is 40.5 Å². The van der Waals surface area contributed by atoms with Gasteiger partial charge in [0.15, 0.2) is 0 Å². The molecule has 0 fully saturated rings. The molecule has 32 heavy (non-hydrogen) atoms. The molecule has 0 bridgehead atoms. The van der Waals surface area contributed by atoms with Crippen LogP contribution in [0.25, 0.3) is 33.0 Å². The Morgan fingerprint density at radius 1 is 0.438 bits per heavy atom. The number of rotatable bonds is 2. The quantitative estimate of drug-likeness (QED) is 0.339. The van der Waals surface area contributed by atoms with Gasteiger partial charge in [0.25, 0.3) is 0 Å². The maximum absolute atomic E-state index is 11.2. The third kappa shape index (κ3) is 2.89. The number of fused-ring (bicyclic) bond motifs is 3. The number of benzene rings is 5. The van der Waals surface area contributed by atoms with Crippen LogP contribution in [0.3, 0.4) is 0 Å². The van der Waals surface area contributed by atoms with Crippen LogP contribution in [0.5, 0.6) is 0 Å². The zero-order valence-corrected chi connectivity index (χ0v) is 17.4. The van der Waals surface area contributed by atoms with Crippen molar-refractivity contribution >= 4 is 10.8 Å². The van der Waals surface area contributed by atoms with Gasteiger partial charge < -0.3 is 10.2 Å². The third-order valence-electron chi connectivity index (χ3n) is 6.59. The Kier molecular flexibility index (Phi) is 4.43. The van der Waals surface area contributed by atoms with Gasteiger partial charge >= 0.3 is 0 Å². The average Bonchev–Trinajstić information content (AvgIpc) is 2.86. The first-order chi connectivity index (χ1) is 15.7. The van der Waals surface area contributed by atoms with E-state index in [9.17, 15) is 10.2 Å². The minimum atomic E-state index is -0.765. The van der Waals surface area contributed by atoms with E-state index >= 15 is 0 Å². The Balaban J connectivity index is 1.46. The highest BCUT2D eigenvalue weighted by Gasteiger charge is 2.31. The highest BCUT2D eigenvalue weighted by atomic mass is 16.3.